The Morgan fingerprint density at radius 3 is 2.75 bits per heavy atom. The van der Waals surface area contributed by atoms with Gasteiger partial charge in [-0.05, 0) is 98.2 Å². The van der Waals surface area contributed by atoms with Crippen LogP contribution in [0.15, 0.2) is 11.6 Å². The summed E-state index contributed by atoms with van der Waals surface area (Å²) in [5.41, 5.74) is 2.34. The summed E-state index contributed by atoms with van der Waals surface area (Å²) in [7, 11) is 1.50. The van der Waals surface area contributed by atoms with Gasteiger partial charge >= 0.3 is 5.97 Å². The third kappa shape index (κ3) is 3.16. The van der Waals surface area contributed by atoms with Crippen molar-refractivity contribution in [2.24, 2.45) is 40.4 Å². The van der Waals surface area contributed by atoms with E-state index >= 15 is 0 Å². The number of methoxy groups -OCH3 is 1. The lowest BCUT2D eigenvalue weighted by Crippen LogP contribution is -2.50. The van der Waals surface area contributed by atoms with Gasteiger partial charge in [0.25, 0.3) is 0 Å². The number of esters is 1. The van der Waals surface area contributed by atoms with Crippen LogP contribution in [0.5, 0.6) is 0 Å². The summed E-state index contributed by atoms with van der Waals surface area (Å²) in [6.07, 6.45) is 13.6. The average molecular weight is 389 g/mol. The van der Waals surface area contributed by atoms with Gasteiger partial charge in [0, 0.05) is 6.42 Å². The first kappa shape index (κ1) is 20.4. The number of hydrogen-bond donors (Lipinski definition) is 1. The lowest BCUT2D eigenvalue weighted by molar-refractivity contribution is -0.141. The van der Waals surface area contributed by atoms with E-state index < -0.39 is 0 Å². The maximum Gasteiger partial charge on any atom is 0.305 e. The van der Waals surface area contributed by atoms with Gasteiger partial charge in [-0.3, -0.25) is 4.79 Å². The van der Waals surface area contributed by atoms with Crippen LogP contribution in [-0.4, -0.2) is 24.3 Å². The molecule has 0 aromatic heterocycles. The summed E-state index contributed by atoms with van der Waals surface area (Å²) in [5, 5.41) is 10.2. The second-order valence-electron chi connectivity index (χ2n) is 11.0. The molecule has 0 heterocycles. The van der Waals surface area contributed by atoms with Gasteiger partial charge in [-0.25, -0.2) is 0 Å². The van der Waals surface area contributed by atoms with Crippen LogP contribution in [0.1, 0.15) is 85.0 Å². The molecular weight excluding hydrogens is 348 g/mol. The Bertz CT molecular complexity index is 640. The largest absolute Gasteiger partial charge is 0.469 e. The van der Waals surface area contributed by atoms with E-state index in [1.165, 1.54) is 45.6 Å². The van der Waals surface area contributed by atoms with Gasteiger partial charge in [0.2, 0.25) is 0 Å². The Labute approximate surface area is 171 Å². The van der Waals surface area contributed by atoms with Crippen molar-refractivity contribution in [3.05, 3.63) is 11.6 Å². The second kappa shape index (κ2) is 7.45. The minimum Gasteiger partial charge on any atom is -0.469 e. The van der Waals surface area contributed by atoms with Gasteiger partial charge in [0.15, 0.2) is 0 Å². The van der Waals surface area contributed by atoms with Gasteiger partial charge in [0.05, 0.1) is 13.2 Å². The monoisotopic (exact) mass is 388 g/mol. The fraction of sp³-hybridized carbons (Fsp3) is 0.880. The molecule has 3 heteroatoms. The predicted octanol–water partition coefficient (Wildman–Crippen LogP) is 5.52. The number of allylic oxidation sites excluding steroid dienone is 1. The lowest BCUT2D eigenvalue weighted by Gasteiger charge is -2.58. The Hall–Kier alpha value is -0.830. The van der Waals surface area contributed by atoms with Gasteiger partial charge < -0.3 is 9.84 Å². The van der Waals surface area contributed by atoms with Crippen LogP contribution in [0.25, 0.3) is 0 Å². The minimum absolute atomic E-state index is 0.0624. The van der Waals surface area contributed by atoms with Crippen LogP contribution in [0.3, 0.4) is 0 Å². The molecule has 28 heavy (non-hydrogen) atoms. The standard InChI is InChI=1S/C25H40O3/c1-16(5-10-23(27)28-4)20-8-9-21-19-7-6-17-15-18(26)11-13-24(17,2)22(19)12-14-25(20,21)3/h6,16,18-22,26H,5,7-15H2,1-4H3/t16-,18+,19-,20+,21-,22-,24+,25+/m1/s1. The Morgan fingerprint density at radius 2 is 2.00 bits per heavy atom. The van der Waals surface area contributed by atoms with Crippen LogP contribution >= 0.6 is 0 Å². The maximum atomic E-state index is 11.6. The molecule has 3 fully saturated rings. The molecule has 4 aliphatic carbocycles. The van der Waals surface area contributed by atoms with Crippen molar-refractivity contribution in [1.82, 2.24) is 0 Å². The fourth-order valence-electron chi connectivity index (χ4n) is 8.27. The molecule has 0 spiro atoms. The highest BCUT2D eigenvalue weighted by molar-refractivity contribution is 5.69. The molecule has 0 saturated heterocycles. The van der Waals surface area contributed by atoms with Crippen molar-refractivity contribution >= 4 is 5.97 Å². The molecule has 0 aromatic rings. The number of carbonyl (C=O) groups excluding carboxylic acids is 1. The number of aliphatic hydroxyl groups is 1. The average Bonchev–Trinajstić information content (AvgIpc) is 3.03. The zero-order valence-electron chi connectivity index (χ0n) is 18.4. The van der Waals surface area contributed by atoms with E-state index in [2.05, 4.69) is 26.8 Å². The summed E-state index contributed by atoms with van der Waals surface area (Å²) >= 11 is 0. The molecule has 0 radical (unpaired) electrons. The molecular formula is C25H40O3. The highest BCUT2D eigenvalue weighted by atomic mass is 16.5. The lowest BCUT2D eigenvalue weighted by atomic mass is 9.47. The van der Waals surface area contributed by atoms with Crippen molar-refractivity contribution in [3.8, 4) is 0 Å². The fourth-order valence-corrected chi connectivity index (χ4v) is 8.27. The zero-order valence-corrected chi connectivity index (χ0v) is 18.4. The number of fused-ring (bicyclic) bond motifs is 5. The highest BCUT2D eigenvalue weighted by Crippen LogP contribution is 2.67. The number of aliphatic hydroxyl groups excluding tert-OH is 1. The molecule has 3 nitrogen and oxygen atoms in total. The molecule has 0 unspecified atom stereocenters. The van der Waals surface area contributed by atoms with Gasteiger partial charge in [0.1, 0.15) is 0 Å². The Kier molecular flexibility index (Phi) is 5.44. The van der Waals surface area contributed by atoms with E-state index in [0.717, 1.165) is 42.9 Å². The van der Waals surface area contributed by atoms with Crippen molar-refractivity contribution in [1.29, 1.82) is 0 Å². The van der Waals surface area contributed by atoms with Gasteiger partial charge in [-0.2, -0.15) is 0 Å². The molecule has 4 rings (SSSR count). The molecule has 8 atom stereocenters. The normalized spacial score (nSPS) is 46.0. The first-order chi connectivity index (χ1) is 13.3. The second-order valence-corrected chi connectivity index (χ2v) is 11.0. The van der Waals surface area contributed by atoms with Crippen LogP contribution in [0, 0.1) is 40.4 Å². The van der Waals surface area contributed by atoms with Crippen LogP contribution < -0.4 is 0 Å². The summed E-state index contributed by atoms with van der Waals surface area (Å²) in [5.74, 6) is 3.74. The first-order valence-corrected chi connectivity index (χ1v) is 11.7. The number of ether oxygens (including phenoxy) is 1. The van der Waals surface area contributed by atoms with Crippen LogP contribution in [0.2, 0.25) is 0 Å². The quantitative estimate of drug-likeness (QED) is 0.510. The van der Waals surface area contributed by atoms with E-state index in [0.29, 0.717) is 23.2 Å². The molecule has 0 aromatic carbocycles. The third-order valence-electron chi connectivity index (χ3n) is 9.87. The minimum atomic E-state index is -0.115. The third-order valence-corrected chi connectivity index (χ3v) is 9.87. The van der Waals surface area contributed by atoms with Gasteiger partial charge in [-0.1, -0.05) is 32.4 Å². The van der Waals surface area contributed by atoms with Crippen molar-refractivity contribution in [3.63, 3.8) is 0 Å². The summed E-state index contributed by atoms with van der Waals surface area (Å²) in [6.45, 7) is 7.46. The molecule has 0 bridgehead atoms. The first-order valence-electron chi connectivity index (χ1n) is 11.7. The zero-order chi connectivity index (χ0) is 20.1. The smallest absolute Gasteiger partial charge is 0.305 e. The van der Waals surface area contributed by atoms with E-state index in [-0.39, 0.29) is 12.1 Å². The van der Waals surface area contributed by atoms with E-state index in [1.54, 1.807) is 5.57 Å². The maximum absolute atomic E-state index is 11.6. The predicted molar refractivity (Wildman–Crippen MR) is 112 cm³/mol. The van der Waals surface area contributed by atoms with Crippen molar-refractivity contribution in [2.75, 3.05) is 7.11 Å². The highest BCUT2D eigenvalue weighted by Gasteiger charge is 2.59. The van der Waals surface area contributed by atoms with Crippen LogP contribution in [0.4, 0.5) is 0 Å². The molecule has 3 saturated carbocycles. The molecule has 4 aliphatic rings. The SMILES string of the molecule is COC(=O)CC[C@@H](C)[C@@H]1CC[C@@H]2[C@H]3CC=C4C[C@@H](O)CC[C@]4(C)[C@@H]3CC[C@]21C. The Balaban J connectivity index is 1.51. The van der Waals surface area contributed by atoms with E-state index in [4.69, 9.17) is 4.74 Å². The molecule has 158 valence electrons. The summed E-state index contributed by atoms with van der Waals surface area (Å²) in [4.78, 5) is 11.6. The van der Waals surface area contributed by atoms with E-state index in [9.17, 15) is 9.90 Å². The number of rotatable bonds is 4. The molecule has 0 amide bonds. The van der Waals surface area contributed by atoms with Crippen LogP contribution in [-0.2, 0) is 9.53 Å². The van der Waals surface area contributed by atoms with Crippen molar-refractivity contribution < 1.29 is 14.6 Å². The van der Waals surface area contributed by atoms with Gasteiger partial charge in [-0.15, -0.1) is 0 Å². The van der Waals surface area contributed by atoms with E-state index in [1.807, 2.05) is 0 Å². The number of hydrogen-bond acceptors (Lipinski definition) is 3. The topological polar surface area (TPSA) is 46.5 Å². The molecule has 1 N–H and O–H groups in total. The molecule has 0 aliphatic heterocycles. The van der Waals surface area contributed by atoms with Crippen molar-refractivity contribution in [2.45, 2.75) is 91.1 Å². The Morgan fingerprint density at radius 1 is 1.21 bits per heavy atom. The number of carbonyl (C=O) groups is 1. The summed E-state index contributed by atoms with van der Waals surface area (Å²) < 4.78 is 4.87. The summed E-state index contributed by atoms with van der Waals surface area (Å²) in [6, 6.07) is 0.